The van der Waals surface area contributed by atoms with E-state index in [-0.39, 0.29) is 6.61 Å². The Hall–Kier alpha value is -1.31. The molecule has 0 spiro atoms. The van der Waals surface area contributed by atoms with Gasteiger partial charge in [0.15, 0.2) is 18.1 Å². The molecule has 0 saturated heterocycles. The number of methoxy groups -OCH3 is 1. The molecule has 0 aliphatic carbocycles. The van der Waals surface area contributed by atoms with Crippen LogP contribution in [0.25, 0.3) is 0 Å². The monoisotopic (exact) mass is 374 g/mol. The molecular formula is C15H23BrN2O4. The maximum absolute atomic E-state index is 10.8. The maximum Gasteiger partial charge on any atom is 0.255 e. The molecule has 0 aliphatic rings. The average Bonchev–Trinajstić information content (AvgIpc) is 2.48. The molecule has 22 heavy (non-hydrogen) atoms. The maximum atomic E-state index is 10.8. The van der Waals surface area contributed by atoms with Crippen LogP contribution in [0.3, 0.4) is 0 Å². The van der Waals surface area contributed by atoms with Crippen LogP contribution in [0.2, 0.25) is 0 Å². The molecule has 7 heteroatoms. The molecule has 0 unspecified atom stereocenters. The van der Waals surface area contributed by atoms with Gasteiger partial charge in [0.05, 0.1) is 11.6 Å². The standard InChI is InChI=1S/C15H23BrN2O4/c1-3-21-6-4-5-18-9-11-7-12(16)15(13(8-11)20-2)22-10-14(17)19/h7-8,18H,3-6,9-10H2,1-2H3,(H2,17,19). The lowest BCUT2D eigenvalue weighted by molar-refractivity contribution is -0.119. The number of rotatable bonds is 11. The van der Waals surface area contributed by atoms with Gasteiger partial charge in [0, 0.05) is 19.8 Å². The van der Waals surface area contributed by atoms with Gasteiger partial charge in [-0.3, -0.25) is 4.79 Å². The minimum absolute atomic E-state index is 0.190. The first-order chi connectivity index (χ1) is 10.6. The molecule has 1 amide bonds. The molecule has 0 saturated carbocycles. The third-order valence-electron chi connectivity index (χ3n) is 2.82. The molecule has 3 N–H and O–H groups in total. The van der Waals surface area contributed by atoms with Crippen molar-refractivity contribution in [2.75, 3.05) is 33.5 Å². The summed E-state index contributed by atoms with van der Waals surface area (Å²) in [6, 6.07) is 3.80. The van der Waals surface area contributed by atoms with Gasteiger partial charge in [0.1, 0.15) is 0 Å². The van der Waals surface area contributed by atoms with Crippen LogP contribution in [0.5, 0.6) is 11.5 Å². The SMILES string of the molecule is CCOCCCNCc1cc(Br)c(OCC(N)=O)c(OC)c1. The van der Waals surface area contributed by atoms with Crippen LogP contribution < -0.4 is 20.5 Å². The average molecular weight is 375 g/mol. The normalized spacial score (nSPS) is 10.5. The van der Waals surface area contributed by atoms with Crippen LogP contribution in [0.1, 0.15) is 18.9 Å². The molecule has 124 valence electrons. The zero-order chi connectivity index (χ0) is 16.4. The molecule has 0 heterocycles. The van der Waals surface area contributed by atoms with E-state index in [0.717, 1.165) is 36.2 Å². The zero-order valence-electron chi connectivity index (χ0n) is 13.0. The third kappa shape index (κ3) is 6.64. The van der Waals surface area contributed by atoms with Gasteiger partial charge >= 0.3 is 0 Å². The molecule has 0 bridgehead atoms. The first-order valence-electron chi connectivity index (χ1n) is 7.14. The van der Waals surface area contributed by atoms with Gasteiger partial charge in [0.25, 0.3) is 5.91 Å². The van der Waals surface area contributed by atoms with Gasteiger partial charge in [0.2, 0.25) is 0 Å². The second kappa shape index (κ2) is 10.4. The van der Waals surface area contributed by atoms with Crippen LogP contribution in [-0.4, -0.2) is 39.4 Å². The smallest absolute Gasteiger partial charge is 0.255 e. The summed E-state index contributed by atoms with van der Waals surface area (Å²) in [5.74, 6) is 0.497. The number of benzene rings is 1. The van der Waals surface area contributed by atoms with E-state index in [0.29, 0.717) is 18.0 Å². The molecule has 6 nitrogen and oxygen atoms in total. The fourth-order valence-electron chi connectivity index (χ4n) is 1.83. The lowest BCUT2D eigenvalue weighted by atomic mass is 10.2. The summed E-state index contributed by atoms with van der Waals surface area (Å²) in [6.07, 6.45) is 0.964. The van der Waals surface area contributed by atoms with Gasteiger partial charge in [-0.05, 0) is 53.5 Å². The number of nitrogens with two attached hydrogens (primary N) is 1. The minimum atomic E-state index is -0.533. The number of hydrogen-bond acceptors (Lipinski definition) is 5. The summed E-state index contributed by atoms with van der Waals surface area (Å²) in [4.78, 5) is 10.8. The van der Waals surface area contributed by atoms with Gasteiger partial charge < -0.3 is 25.3 Å². The Morgan fingerprint density at radius 3 is 2.82 bits per heavy atom. The molecule has 1 rings (SSSR count). The number of hydrogen-bond donors (Lipinski definition) is 2. The van der Waals surface area contributed by atoms with E-state index >= 15 is 0 Å². The Morgan fingerprint density at radius 1 is 1.41 bits per heavy atom. The van der Waals surface area contributed by atoms with E-state index in [9.17, 15) is 4.79 Å². The lowest BCUT2D eigenvalue weighted by Crippen LogP contribution is -2.20. The van der Waals surface area contributed by atoms with Crippen LogP contribution in [0.4, 0.5) is 0 Å². The highest BCUT2D eigenvalue weighted by atomic mass is 79.9. The van der Waals surface area contributed by atoms with E-state index in [1.165, 1.54) is 0 Å². The van der Waals surface area contributed by atoms with Crippen LogP contribution >= 0.6 is 15.9 Å². The van der Waals surface area contributed by atoms with E-state index in [2.05, 4.69) is 21.2 Å². The molecule has 1 aromatic rings. The summed E-state index contributed by atoms with van der Waals surface area (Å²) >= 11 is 3.43. The van der Waals surface area contributed by atoms with Crippen molar-refractivity contribution in [3.63, 3.8) is 0 Å². The van der Waals surface area contributed by atoms with Crippen molar-refractivity contribution in [2.24, 2.45) is 5.73 Å². The Balaban J connectivity index is 2.58. The van der Waals surface area contributed by atoms with Crippen molar-refractivity contribution in [2.45, 2.75) is 19.9 Å². The number of ether oxygens (including phenoxy) is 3. The van der Waals surface area contributed by atoms with Gasteiger partial charge in [-0.2, -0.15) is 0 Å². The van der Waals surface area contributed by atoms with E-state index in [4.69, 9.17) is 19.9 Å². The second-order valence-electron chi connectivity index (χ2n) is 4.59. The Morgan fingerprint density at radius 2 is 2.18 bits per heavy atom. The molecule has 0 aliphatic heterocycles. The molecular weight excluding hydrogens is 352 g/mol. The molecule has 1 aromatic carbocycles. The van der Waals surface area contributed by atoms with Crippen molar-refractivity contribution >= 4 is 21.8 Å². The quantitative estimate of drug-likeness (QED) is 0.577. The number of nitrogens with one attached hydrogen (secondary N) is 1. The van der Waals surface area contributed by atoms with Crippen molar-refractivity contribution < 1.29 is 19.0 Å². The summed E-state index contributed by atoms with van der Waals surface area (Å²) in [5, 5.41) is 3.34. The van der Waals surface area contributed by atoms with Crippen molar-refractivity contribution in [1.82, 2.24) is 5.32 Å². The molecule has 0 aromatic heterocycles. The zero-order valence-corrected chi connectivity index (χ0v) is 14.6. The van der Waals surface area contributed by atoms with Gasteiger partial charge in [-0.1, -0.05) is 0 Å². The topological polar surface area (TPSA) is 82.8 Å². The highest BCUT2D eigenvalue weighted by molar-refractivity contribution is 9.10. The predicted molar refractivity (Wildman–Crippen MR) is 88.2 cm³/mol. The highest BCUT2D eigenvalue weighted by Gasteiger charge is 2.12. The number of carbonyl (C=O) groups is 1. The molecule has 0 atom stereocenters. The third-order valence-corrected chi connectivity index (χ3v) is 3.41. The summed E-state index contributed by atoms with van der Waals surface area (Å²) in [6.45, 7) is 4.88. The van der Waals surface area contributed by atoms with E-state index in [1.807, 2.05) is 19.1 Å². The molecule has 0 radical (unpaired) electrons. The summed E-state index contributed by atoms with van der Waals surface area (Å²) in [7, 11) is 1.55. The van der Waals surface area contributed by atoms with E-state index < -0.39 is 5.91 Å². The van der Waals surface area contributed by atoms with Crippen LogP contribution in [0.15, 0.2) is 16.6 Å². The van der Waals surface area contributed by atoms with Crippen molar-refractivity contribution in [1.29, 1.82) is 0 Å². The van der Waals surface area contributed by atoms with Gasteiger partial charge in [-0.25, -0.2) is 0 Å². The Labute approximate surface area is 139 Å². The van der Waals surface area contributed by atoms with Crippen molar-refractivity contribution in [3.05, 3.63) is 22.2 Å². The number of halogens is 1. The number of amides is 1. The minimum Gasteiger partial charge on any atom is -0.493 e. The Bertz CT molecular complexity index is 483. The first kappa shape index (κ1) is 18.7. The second-order valence-corrected chi connectivity index (χ2v) is 5.45. The number of carbonyl (C=O) groups excluding carboxylic acids is 1. The van der Waals surface area contributed by atoms with Crippen LogP contribution in [0, 0.1) is 0 Å². The first-order valence-corrected chi connectivity index (χ1v) is 7.93. The van der Waals surface area contributed by atoms with Crippen LogP contribution in [-0.2, 0) is 16.1 Å². The van der Waals surface area contributed by atoms with Crippen molar-refractivity contribution in [3.8, 4) is 11.5 Å². The highest BCUT2D eigenvalue weighted by Crippen LogP contribution is 2.36. The fourth-order valence-corrected chi connectivity index (χ4v) is 2.44. The summed E-state index contributed by atoms with van der Waals surface area (Å²) in [5.41, 5.74) is 6.13. The Kier molecular flexibility index (Phi) is 8.88. The summed E-state index contributed by atoms with van der Waals surface area (Å²) < 4.78 is 16.7. The predicted octanol–water partition coefficient (Wildman–Crippen LogP) is 1.84. The number of primary amides is 1. The van der Waals surface area contributed by atoms with Gasteiger partial charge in [-0.15, -0.1) is 0 Å². The molecule has 0 fully saturated rings. The lowest BCUT2D eigenvalue weighted by Gasteiger charge is -2.14. The fraction of sp³-hybridized carbons (Fsp3) is 0.533. The van der Waals surface area contributed by atoms with E-state index in [1.54, 1.807) is 7.11 Å². The largest absolute Gasteiger partial charge is 0.493 e.